The predicted molar refractivity (Wildman–Crippen MR) is 75.5 cm³/mol. The molecule has 3 nitrogen and oxygen atoms in total. The van der Waals surface area contributed by atoms with Gasteiger partial charge in [-0.1, -0.05) is 28.1 Å². The molecule has 1 aromatic carbocycles. The molecule has 1 heterocycles. The van der Waals surface area contributed by atoms with Crippen molar-refractivity contribution in [2.24, 2.45) is 0 Å². The van der Waals surface area contributed by atoms with Gasteiger partial charge in [-0.3, -0.25) is 0 Å². The summed E-state index contributed by atoms with van der Waals surface area (Å²) in [5.74, 6) is -0.431. The summed E-state index contributed by atoms with van der Waals surface area (Å²) in [5, 5.41) is 3.40. The third kappa shape index (κ3) is 3.79. The second kappa shape index (κ2) is 5.70. The lowest BCUT2D eigenvalue weighted by atomic mass is 10.1. The van der Waals surface area contributed by atoms with Gasteiger partial charge in [-0.25, -0.2) is 0 Å². The largest absolute Gasteiger partial charge is 0.348 e. The molecule has 1 fully saturated rings. The first-order valence-electron chi connectivity index (χ1n) is 6.24. The minimum atomic E-state index is -0.431. The van der Waals surface area contributed by atoms with Crippen molar-refractivity contribution >= 4 is 15.9 Å². The molecule has 1 aliphatic rings. The van der Waals surface area contributed by atoms with Gasteiger partial charge in [0, 0.05) is 17.6 Å². The number of hydrogen-bond acceptors (Lipinski definition) is 3. The molecule has 0 amide bonds. The van der Waals surface area contributed by atoms with Crippen LogP contribution in [0.4, 0.5) is 0 Å². The number of halogens is 1. The third-order valence-corrected chi connectivity index (χ3v) is 3.86. The number of ether oxygens (including phenoxy) is 2. The first kappa shape index (κ1) is 14.0. The second-order valence-electron chi connectivity index (χ2n) is 5.17. The van der Waals surface area contributed by atoms with E-state index in [4.69, 9.17) is 9.47 Å². The Morgan fingerprint density at radius 1 is 1.44 bits per heavy atom. The number of benzene rings is 1. The highest BCUT2D eigenvalue weighted by Gasteiger charge is 2.32. The van der Waals surface area contributed by atoms with Gasteiger partial charge in [0.25, 0.3) is 0 Å². The fourth-order valence-corrected chi connectivity index (χ4v) is 2.41. The van der Waals surface area contributed by atoms with E-state index in [0.29, 0.717) is 6.61 Å². The maximum Gasteiger partial charge on any atom is 0.163 e. The van der Waals surface area contributed by atoms with Crippen molar-refractivity contribution in [3.8, 4) is 0 Å². The van der Waals surface area contributed by atoms with E-state index in [-0.39, 0.29) is 6.10 Å². The molecule has 0 aliphatic carbocycles. The SMILES string of the molecule is Cc1ccc(CNCC2COC(C)(C)O2)cc1Br. The van der Waals surface area contributed by atoms with Crippen molar-refractivity contribution in [1.29, 1.82) is 0 Å². The minimum Gasteiger partial charge on any atom is -0.348 e. The molecule has 1 aliphatic heterocycles. The molecule has 1 unspecified atom stereocenters. The highest BCUT2D eigenvalue weighted by molar-refractivity contribution is 9.10. The summed E-state index contributed by atoms with van der Waals surface area (Å²) in [6.45, 7) is 8.31. The van der Waals surface area contributed by atoms with Crippen molar-refractivity contribution in [2.45, 2.75) is 39.2 Å². The smallest absolute Gasteiger partial charge is 0.163 e. The first-order valence-corrected chi connectivity index (χ1v) is 7.03. The van der Waals surface area contributed by atoms with E-state index in [0.717, 1.165) is 17.6 Å². The Labute approximate surface area is 117 Å². The highest BCUT2D eigenvalue weighted by Crippen LogP contribution is 2.22. The van der Waals surface area contributed by atoms with Crippen LogP contribution >= 0.6 is 15.9 Å². The van der Waals surface area contributed by atoms with E-state index in [1.54, 1.807) is 0 Å². The lowest BCUT2D eigenvalue weighted by Gasteiger charge is -2.17. The Morgan fingerprint density at radius 2 is 2.22 bits per heavy atom. The van der Waals surface area contributed by atoms with Gasteiger partial charge < -0.3 is 14.8 Å². The van der Waals surface area contributed by atoms with Gasteiger partial charge in [0.15, 0.2) is 5.79 Å². The first-order chi connectivity index (χ1) is 8.46. The van der Waals surface area contributed by atoms with Crippen molar-refractivity contribution in [3.63, 3.8) is 0 Å². The van der Waals surface area contributed by atoms with Crippen LogP contribution in [-0.2, 0) is 16.0 Å². The Bertz CT molecular complexity index is 420. The zero-order chi connectivity index (χ0) is 13.2. The second-order valence-corrected chi connectivity index (χ2v) is 6.02. The molecule has 1 saturated heterocycles. The van der Waals surface area contributed by atoms with Crippen LogP contribution in [0.1, 0.15) is 25.0 Å². The van der Waals surface area contributed by atoms with Crippen molar-refractivity contribution < 1.29 is 9.47 Å². The van der Waals surface area contributed by atoms with Crippen molar-refractivity contribution in [3.05, 3.63) is 33.8 Å². The maximum atomic E-state index is 5.74. The molecule has 4 heteroatoms. The summed E-state index contributed by atoms with van der Waals surface area (Å²) in [6.07, 6.45) is 0.147. The molecule has 0 radical (unpaired) electrons. The Morgan fingerprint density at radius 3 is 2.83 bits per heavy atom. The average molecular weight is 314 g/mol. The molecule has 1 atom stereocenters. The third-order valence-electron chi connectivity index (χ3n) is 3.00. The molecular formula is C14H20BrNO2. The maximum absolute atomic E-state index is 5.74. The molecule has 100 valence electrons. The summed E-state index contributed by atoms with van der Waals surface area (Å²) in [7, 11) is 0. The topological polar surface area (TPSA) is 30.5 Å². The quantitative estimate of drug-likeness (QED) is 0.927. The van der Waals surface area contributed by atoms with Gasteiger partial charge in [-0.15, -0.1) is 0 Å². The van der Waals surface area contributed by atoms with Crippen molar-refractivity contribution in [1.82, 2.24) is 5.32 Å². The molecule has 18 heavy (non-hydrogen) atoms. The van der Waals surface area contributed by atoms with Crippen LogP contribution < -0.4 is 5.32 Å². The van der Waals surface area contributed by atoms with Gasteiger partial charge in [0.2, 0.25) is 0 Å². The molecule has 0 spiro atoms. The lowest BCUT2D eigenvalue weighted by molar-refractivity contribution is -0.137. The Balaban J connectivity index is 1.77. The Hall–Kier alpha value is -0.420. The normalized spacial score (nSPS) is 22.3. The molecule has 0 bridgehead atoms. The number of rotatable bonds is 4. The minimum absolute atomic E-state index is 0.147. The Kier molecular flexibility index (Phi) is 4.43. The van der Waals surface area contributed by atoms with E-state index >= 15 is 0 Å². The monoisotopic (exact) mass is 313 g/mol. The average Bonchev–Trinajstić information content (AvgIpc) is 2.63. The summed E-state index contributed by atoms with van der Waals surface area (Å²) < 4.78 is 12.4. The summed E-state index contributed by atoms with van der Waals surface area (Å²) in [4.78, 5) is 0. The number of aryl methyl sites for hydroxylation is 1. The van der Waals surface area contributed by atoms with Crippen LogP contribution in [0.5, 0.6) is 0 Å². The summed E-state index contributed by atoms with van der Waals surface area (Å²) in [5.41, 5.74) is 2.53. The molecule has 0 saturated carbocycles. The standard InChI is InChI=1S/C14H20BrNO2/c1-10-4-5-11(6-13(10)15)7-16-8-12-9-17-14(2,3)18-12/h4-6,12,16H,7-9H2,1-3H3. The summed E-state index contributed by atoms with van der Waals surface area (Å²) >= 11 is 3.55. The van der Waals surface area contributed by atoms with Crippen LogP contribution in [0.15, 0.2) is 22.7 Å². The zero-order valence-electron chi connectivity index (χ0n) is 11.1. The highest BCUT2D eigenvalue weighted by atomic mass is 79.9. The van der Waals surface area contributed by atoms with Gasteiger partial charge in [0.05, 0.1) is 12.7 Å². The van der Waals surface area contributed by atoms with E-state index in [1.165, 1.54) is 11.1 Å². The molecular weight excluding hydrogens is 294 g/mol. The molecule has 1 aromatic rings. The van der Waals surface area contributed by atoms with E-state index in [9.17, 15) is 0 Å². The van der Waals surface area contributed by atoms with Gasteiger partial charge >= 0.3 is 0 Å². The van der Waals surface area contributed by atoms with Crippen molar-refractivity contribution in [2.75, 3.05) is 13.2 Å². The van der Waals surface area contributed by atoms with E-state index in [1.807, 2.05) is 13.8 Å². The van der Waals surface area contributed by atoms with E-state index in [2.05, 4.69) is 46.4 Å². The van der Waals surface area contributed by atoms with Crippen LogP contribution in [0, 0.1) is 6.92 Å². The fourth-order valence-electron chi connectivity index (χ4n) is 1.99. The van der Waals surface area contributed by atoms with Crippen LogP contribution in [0.25, 0.3) is 0 Å². The fraction of sp³-hybridized carbons (Fsp3) is 0.571. The van der Waals surface area contributed by atoms with Crippen LogP contribution in [-0.4, -0.2) is 25.0 Å². The van der Waals surface area contributed by atoms with E-state index < -0.39 is 5.79 Å². The van der Waals surface area contributed by atoms with Gasteiger partial charge in [-0.2, -0.15) is 0 Å². The number of nitrogens with one attached hydrogen (secondary N) is 1. The van der Waals surface area contributed by atoms with Gasteiger partial charge in [0.1, 0.15) is 0 Å². The number of hydrogen-bond donors (Lipinski definition) is 1. The van der Waals surface area contributed by atoms with Crippen LogP contribution in [0.3, 0.4) is 0 Å². The summed E-state index contributed by atoms with van der Waals surface area (Å²) in [6, 6.07) is 6.42. The molecule has 0 aromatic heterocycles. The van der Waals surface area contributed by atoms with Gasteiger partial charge in [-0.05, 0) is 38.0 Å². The predicted octanol–water partition coefficient (Wildman–Crippen LogP) is 3.00. The molecule has 2 rings (SSSR count). The molecule has 1 N–H and O–H groups in total. The van der Waals surface area contributed by atoms with Crippen LogP contribution in [0.2, 0.25) is 0 Å². The zero-order valence-corrected chi connectivity index (χ0v) is 12.7. The lowest BCUT2D eigenvalue weighted by Crippen LogP contribution is -2.30.